The van der Waals surface area contributed by atoms with Crippen LogP contribution >= 0.6 is 11.3 Å². The summed E-state index contributed by atoms with van der Waals surface area (Å²) in [6.45, 7) is 9.48. The maximum atomic E-state index is 13.9. The molecular formula is C35H46N5O6S-. The quantitative estimate of drug-likeness (QED) is 0.191. The van der Waals surface area contributed by atoms with Crippen molar-refractivity contribution in [1.29, 1.82) is 0 Å². The zero-order valence-corrected chi connectivity index (χ0v) is 28.3. The fourth-order valence-corrected chi connectivity index (χ4v) is 5.61. The number of nitrogens with one attached hydrogen (secondary N) is 1. The molecule has 2 atom stereocenters. The Balaban J connectivity index is 1.50. The first-order chi connectivity index (χ1) is 22.6. The SMILES string of the molecule is CC(C)(C)OC([O-])=N[C@@H](CCN1CCOCC1)C(=O)N[C@H](CCN(Cc1ccccc1)C(=O)OCc1cncs1)Cc1ccccc1. The van der Waals surface area contributed by atoms with Crippen molar-refractivity contribution in [3.05, 3.63) is 88.4 Å². The molecule has 2 aromatic carbocycles. The number of hydrogen-bond acceptors (Lipinski definition) is 10. The first kappa shape index (κ1) is 35.8. The fourth-order valence-electron chi connectivity index (χ4n) is 5.11. The smallest absolute Gasteiger partial charge is 0.410 e. The van der Waals surface area contributed by atoms with Gasteiger partial charge in [0.15, 0.2) is 0 Å². The van der Waals surface area contributed by atoms with Crippen molar-refractivity contribution < 1.29 is 28.9 Å². The van der Waals surface area contributed by atoms with E-state index in [4.69, 9.17) is 14.2 Å². The summed E-state index contributed by atoms with van der Waals surface area (Å²) in [4.78, 5) is 40.2. The molecule has 1 aromatic heterocycles. The number of amides is 2. The maximum Gasteiger partial charge on any atom is 0.410 e. The molecular weight excluding hydrogens is 618 g/mol. The lowest BCUT2D eigenvalue weighted by atomic mass is 10.0. The van der Waals surface area contributed by atoms with E-state index >= 15 is 0 Å². The van der Waals surface area contributed by atoms with Crippen LogP contribution in [0.1, 0.15) is 49.6 Å². The van der Waals surface area contributed by atoms with E-state index in [-0.39, 0.29) is 18.6 Å². The third kappa shape index (κ3) is 13.3. The number of morpholine rings is 1. The molecule has 0 spiro atoms. The Hall–Kier alpha value is -4.00. The summed E-state index contributed by atoms with van der Waals surface area (Å²) in [5.41, 5.74) is 2.96. The van der Waals surface area contributed by atoms with Gasteiger partial charge in [-0.05, 0) is 30.4 Å². The van der Waals surface area contributed by atoms with Crippen LogP contribution in [0.25, 0.3) is 0 Å². The van der Waals surface area contributed by atoms with E-state index in [9.17, 15) is 14.7 Å². The highest BCUT2D eigenvalue weighted by Gasteiger charge is 2.25. The van der Waals surface area contributed by atoms with E-state index in [0.29, 0.717) is 52.1 Å². The van der Waals surface area contributed by atoms with E-state index < -0.39 is 23.8 Å². The van der Waals surface area contributed by atoms with Gasteiger partial charge in [0.1, 0.15) is 18.7 Å². The number of benzene rings is 2. The van der Waals surface area contributed by atoms with E-state index in [0.717, 1.165) is 29.1 Å². The lowest BCUT2D eigenvalue weighted by molar-refractivity contribution is -0.261. The molecule has 47 heavy (non-hydrogen) atoms. The summed E-state index contributed by atoms with van der Waals surface area (Å²) in [6, 6.07) is 18.3. The van der Waals surface area contributed by atoms with E-state index in [1.54, 1.807) is 37.4 Å². The molecule has 1 fully saturated rings. The largest absolute Gasteiger partial charge is 0.595 e. The average molecular weight is 665 g/mol. The molecule has 1 N–H and O–H groups in total. The first-order valence-corrected chi connectivity index (χ1v) is 16.9. The normalized spacial score (nSPS) is 15.4. The summed E-state index contributed by atoms with van der Waals surface area (Å²) in [5, 5.41) is 15.9. The summed E-state index contributed by atoms with van der Waals surface area (Å²) in [5.74, 6) is -0.354. The molecule has 1 aliphatic heterocycles. The molecule has 2 heterocycles. The number of rotatable bonds is 15. The van der Waals surface area contributed by atoms with Gasteiger partial charge in [-0.15, -0.1) is 11.3 Å². The van der Waals surface area contributed by atoms with Gasteiger partial charge in [-0.25, -0.2) is 4.79 Å². The Morgan fingerprint density at radius 3 is 2.38 bits per heavy atom. The van der Waals surface area contributed by atoms with E-state index in [1.165, 1.54) is 11.3 Å². The molecule has 0 saturated carbocycles. The molecule has 2 amide bonds. The number of hydrogen-bond donors (Lipinski definition) is 1. The van der Waals surface area contributed by atoms with Crippen LogP contribution in [0.3, 0.4) is 0 Å². The van der Waals surface area contributed by atoms with Crippen LogP contribution in [0, 0.1) is 0 Å². The van der Waals surface area contributed by atoms with Crippen LogP contribution in [0.4, 0.5) is 4.79 Å². The van der Waals surface area contributed by atoms with Crippen molar-refractivity contribution in [3.63, 3.8) is 0 Å². The van der Waals surface area contributed by atoms with Gasteiger partial charge < -0.3 is 29.5 Å². The highest BCUT2D eigenvalue weighted by atomic mass is 32.1. The molecule has 11 nitrogen and oxygen atoms in total. The van der Waals surface area contributed by atoms with Crippen LogP contribution in [0.2, 0.25) is 0 Å². The van der Waals surface area contributed by atoms with Gasteiger partial charge in [0.25, 0.3) is 0 Å². The summed E-state index contributed by atoms with van der Waals surface area (Å²) >= 11 is 1.42. The zero-order valence-electron chi connectivity index (χ0n) is 27.5. The van der Waals surface area contributed by atoms with Gasteiger partial charge in [0.2, 0.25) is 5.91 Å². The minimum atomic E-state index is -0.934. The van der Waals surface area contributed by atoms with Crippen LogP contribution < -0.4 is 10.4 Å². The van der Waals surface area contributed by atoms with Gasteiger partial charge in [-0.2, -0.15) is 0 Å². The van der Waals surface area contributed by atoms with Crippen molar-refractivity contribution in [2.24, 2.45) is 4.99 Å². The molecule has 1 aliphatic rings. The third-order valence-corrected chi connectivity index (χ3v) is 8.25. The zero-order chi connectivity index (χ0) is 33.5. The van der Waals surface area contributed by atoms with Crippen LogP contribution in [-0.4, -0.2) is 89.9 Å². The predicted molar refractivity (Wildman–Crippen MR) is 180 cm³/mol. The van der Waals surface area contributed by atoms with Gasteiger partial charge >= 0.3 is 6.09 Å². The fraction of sp³-hybridized carbons (Fsp3) is 0.486. The maximum absolute atomic E-state index is 13.9. The van der Waals surface area contributed by atoms with E-state index in [2.05, 4.69) is 20.2 Å². The number of nitrogens with zero attached hydrogens (tertiary/aromatic N) is 4. The Bertz CT molecular complexity index is 1380. The second-order valence-corrected chi connectivity index (χ2v) is 13.5. The Kier molecular flexibility index (Phi) is 14.0. The standard InChI is InChI=1S/C35H47N5O6S/c1-35(2,3)46-33(42)38-31(15-16-39-18-20-44-21-19-39)32(41)37-29(22-27-10-6-4-7-11-27)14-17-40(24-28-12-8-5-9-13-28)34(43)45-25-30-23-36-26-47-30/h4-13,23,26,29,31H,14-22,24-25H2,1-3H3,(H,37,41)(H,38,42)/p-1/t29-,31+/m1/s1. The van der Waals surface area contributed by atoms with Crippen LogP contribution in [-0.2, 0) is 38.6 Å². The van der Waals surface area contributed by atoms with Crippen molar-refractivity contribution in [3.8, 4) is 0 Å². The van der Waals surface area contributed by atoms with Gasteiger partial charge in [0, 0.05) is 50.6 Å². The molecule has 1 saturated heterocycles. The van der Waals surface area contributed by atoms with Crippen molar-refractivity contribution >= 4 is 29.4 Å². The lowest BCUT2D eigenvalue weighted by Gasteiger charge is -2.31. The number of carbonyl (C=O) groups is 2. The van der Waals surface area contributed by atoms with Crippen LogP contribution in [0.15, 0.2) is 77.4 Å². The highest BCUT2D eigenvalue weighted by Crippen LogP contribution is 2.15. The van der Waals surface area contributed by atoms with Gasteiger partial charge in [0.05, 0.1) is 23.6 Å². The van der Waals surface area contributed by atoms with Gasteiger partial charge in [-0.3, -0.25) is 19.7 Å². The number of ether oxygens (including phenoxy) is 3. The van der Waals surface area contributed by atoms with E-state index in [1.807, 2.05) is 60.7 Å². The molecule has 0 bridgehead atoms. The van der Waals surface area contributed by atoms with Crippen LogP contribution in [0.5, 0.6) is 0 Å². The minimum absolute atomic E-state index is 0.135. The molecule has 12 heteroatoms. The number of carbonyl (C=O) groups excluding carboxylic acids is 2. The lowest BCUT2D eigenvalue weighted by Crippen LogP contribution is -2.46. The number of aromatic nitrogens is 1. The molecule has 254 valence electrons. The molecule has 0 unspecified atom stereocenters. The van der Waals surface area contributed by atoms with Crippen molar-refractivity contribution in [2.45, 2.75) is 70.9 Å². The number of aliphatic imine (C=N–C) groups is 1. The first-order valence-electron chi connectivity index (χ1n) is 16.1. The Labute approximate surface area is 281 Å². The topological polar surface area (TPSA) is 129 Å². The monoisotopic (exact) mass is 664 g/mol. The minimum Gasteiger partial charge on any atom is -0.595 e. The summed E-state index contributed by atoms with van der Waals surface area (Å²) < 4.78 is 16.6. The molecule has 4 rings (SSSR count). The second-order valence-electron chi connectivity index (χ2n) is 12.5. The molecule has 0 aliphatic carbocycles. The predicted octanol–water partition coefficient (Wildman–Crippen LogP) is 4.02. The van der Waals surface area contributed by atoms with Crippen molar-refractivity contribution in [2.75, 3.05) is 39.4 Å². The second kappa shape index (κ2) is 18.4. The summed E-state index contributed by atoms with van der Waals surface area (Å²) in [6.07, 6.45) is 1.80. The molecule has 0 radical (unpaired) electrons. The highest BCUT2D eigenvalue weighted by molar-refractivity contribution is 7.09. The van der Waals surface area contributed by atoms with Gasteiger partial charge in [-0.1, -0.05) is 81.4 Å². The molecule has 3 aromatic rings. The average Bonchev–Trinajstić information content (AvgIpc) is 3.58. The number of thiazole rings is 1. The Morgan fingerprint density at radius 2 is 1.74 bits per heavy atom. The van der Waals surface area contributed by atoms with Crippen molar-refractivity contribution in [1.82, 2.24) is 20.1 Å². The Morgan fingerprint density at radius 1 is 1.06 bits per heavy atom. The summed E-state index contributed by atoms with van der Waals surface area (Å²) in [7, 11) is 0. The third-order valence-electron chi connectivity index (χ3n) is 7.49.